The average molecular weight is 477 g/mol. The number of ether oxygens (including phenoxy) is 1. The first-order chi connectivity index (χ1) is 16.9. The molecule has 1 fully saturated rings. The SMILES string of the molecule is COCc1nc(C(C)C)nc(N2CCN(C(=O)c3ccc(F)cc3)CC2)c1Cc1cccc(C)c1. The van der Waals surface area contributed by atoms with Gasteiger partial charge in [-0.1, -0.05) is 43.7 Å². The van der Waals surface area contributed by atoms with Crippen LogP contribution in [0.15, 0.2) is 48.5 Å². The smallest absolute Gasteiger partial charge is 0.253 e. The van der Waals surface area contributed by atoms with Gasteiger partial charge in [-0.15, -0.1) is 0 Å². The Labute approximate surface area is 206 Å². The van der Waals surface area contributed by atoms with Gasteiger partial charge in [-0.2, -0.15) is 0 Å². The number of benzene rings is 2. The van der Waals surface area contributed by atoms with Gasteiger partial charge in [-0.3, -0.25) is 4.79 Å². The molecule has 1 saturated heterocycles. The number of hydrogen-bond donors (Lipinski definition) is 0. The van der Waals surface area contributed by atoms with Crippen LogP contribution < -0.4 is 4.90 Å². The lowest BCUT2D eigenvalue weighted by atomic mass is 10.0. The van der Waals surface area contributed by atoms with E-state index in [-0.39, 0.29) is 17.6 Å². The van der Waals surface area contributed by atoms with Crippen LogP contribution in [0.25, 0.3) is 0 Å². The van der Waals surface area contributed by atoms with Crippen LogP contribution in [0.1, 0.15) is 58.3 Å². The summed E-state index contributed by atoms with van der Waals surface area (Å²) < 4.78 is 18.8. The summed E-state index contributed by atoms with van der Waals surface area (Å²) >= 11 is 0. The number of methoxy groups -OCH3 is 1. The maximum Gasteiger partial charge on any atom is 0.253 e. The van der Waals surface area contributed by atoms with E-state index in [0.717, 1.165) is 22.9 Å². The average Bonchev–Trinajstić information content (AvgIpc) is 2.85. The lowest BCUT2D eigenvalue weighted by molar-refractivity contribution is 0.0746. The molecule has 2 aromatic carbocycles. The van der Waals surface area contributed by atoms with E-state index in [4.69, 9.17) is 14.7 Å². The number of halogens is 1. The summed E-state index contributed by atoms with van der Waals surface area (Å²) in [5, 5.41) is 0. The van der Waals surface area contributed by atoms with Gasteiger partial charge in [-0.25, -0.2) is 14.4 Å². The van der Waals surface area contributed by atoms with Gasteiger partial charge >= 0.3 is 0 Å². The third kappa shape index (κ3) is 5.85. The van der Waals surface area contributed by atoms with E-state index >= 15 is 0 Å². The van der Waals surface area contributed by atoms with Crippen molar-refractivity contribution in [3.8, 4) is 0 Å². The first-order valence-electron chi connectivity index (χ1n) is 12.1. The molecule has 0 bridgehead atoms. The molecule has 1 aromatic heterocycles. The minimum Gasteiger partial charge on any atom is -0.378 e. The molecule has 0 atom stereocenters. The third-order valence-electron chi connectivity index (χ3n) is 6.31. The molecule has 1 aliphatic heterocycles. The molecule has 35 heavy (non-hydrogen) atoms. The van der Waals surface area contributed by atoms with E-state index in [1.54, 1.807) is 19.2 Å². The number of carbonyl (C=O) groups is 1. The van der Waals surface area contributed by atoms with E-state index in [1.807, 2.05) is 4.90 Å². The fraction of sp³-hybridized carbons (Fsp3) is 0.393. The summed E-state index contributed by atoms with van der Waals surface area (Å²) in [4.78, 5) is 26.9. The highest BCUT2D eigenvalue weighted by atomic mass is 19.1. The number of aryl methyl sites for hydroxylation is 1. The number of anilines is 1. The molecule has 0 spiro atoms. The molecular weight excluding hydrogens is 443 g/mol. The van der Waals surface area contributed by atoms with Gasteiger partial charge in [0, 0.05) is 56.8 Å². The molecule has 1 amide bonds. The van der Waals surface area contributed by atoms with Crippen molar-refractivity contribution in [2.75, 3.05) is 38.2 Å². The lowest BCUT2D eigenvalue weighted by Gasteiger charge is -2.37. The van der Waals surface area contributed by atoms with Crippen LogP contribution in [-0.4, -0.2) is 54.1 Å². The summed E-state index contributed by atoms with van der Waals surface area (Å²) in [6, 6.07) is 14.2. The molecule has 0 radical (unpaired) electrons. The standard InChI is InChI=1S/C28H33FN4O2/c1-19(2)26-30-25(18-35-4)24(17-21-7-5-6-20(3)16-21)27(31-26)32-12-14-33(15-13-32)28(34)22-8-10-23(29)11-9-22/h5-11,16,19H,12-15,17-18H2,1-4H3. The number of piperazine rings is 1. The van der Waals surface area contributed by atoms with E-state index < -0.39 is 0 Å². The van der Waals surface area contributed by atoms with E-state index in [0.29, 0.717) is 44.8 Å². The molecule has 184 valence electrons. The van der Waals surface area contributed by atoms with E-state index in [9.17, 15) is 9.18 Å². The maximum absolute atomic E-state index is 13.3. The zero-order chi connectivity index (χ0) is 24.9. The minimum absolute atomic E-state index is 0.0738. The summed E-state index contributed by atoms with van der Waals surface area (Å²) in [5.74, 6) is 1.48. The Morgan fingerprint density at radius 1 is 1.06 bits per heavy atom. The molecular formula is C28H33FN4O2. The number of aromatic nitrogens is 2. The number of hydrogen-bond acceptors (Lipinski definition) is 5. The molecule has 0 N–H and O–H groups in total. The van der Waals surface area contributed by atoms with Crippen molar-refractivity contribution in [1.29, 1.82) is 0 Å². The molecule has 4 rings (SSSR count). The van der Waals surface area contributed by atoms with Crippen LogP contribution in [0.4, 0.5) is 10.2 Å². The van der Waals surface area contributed by atoms with Gasteiger partial charge in [0.25, 0.3) is 5.91 Å². The van der Waals surface area contributed by atoms with Crippen molar-refractivity contribution in [3.05, 3.63) is 88.1 Å². The second-order valence-corrected chi connectivity index (χ2v) is 9.37. The fourth-order valence-electron chi connectivity index (χ4n) is 4.42. The largest absolute Gasteiger partial charge is 0.378 e. The monoisotopic (exact) mass is 476 g/mol. The Morgan fingerprint density at radius 3 is 2.40 bits per heavy atom. The van der Waals surface area contributed by atoms with Gasteiger partial charge in [-0.05, 0) is 36.8 Å². The second kappa shape index (κ2) is 11.0. The van der Waals surface area contributed by atoms with Gasteiger partial charge in [0.1, 0.15) is 17.5 Å². The zero-order valence-electron chi connectivity index (χ0n) is 20.9. The summed E-state index contributed by atoms with van der Waals surface area (Å²) in [6.45, 7) is 9.16. The number of carbonyl (C=O) groups excluding carboxylic acids is 1. The van der Waals surface area contributed by atoms with Crippen molar-refractivity contribution in [3.63, 3.8) is 0 Å². The van der Waals surface area contributed by atoms with Gasteiger partial charge in [0.15, 0.2) is 0 Å². The Morgan fingerprint density at radius 2 is 1.77 bits per heavy atom. The Balaban J connectivity index is 1.62. The summed E-state index contributed by atoms with van der Waals surface area (Å²) in [5.41, 5.74) is 4.90. The Kier molecular flexibility index (Phi) is 7.76. The van der Waals surface area contributed by atoms with Gasteiger partial charge in [0.05, 0.1) is 12.3 Å². The maximum atomic E-state index is 13.3. The van der Waals surface area contributed by atoms with Crippen LogP contribution in [0, 0.1) is 12.7 Å². The first kappa shape index (κ1) is 24.8. The molecule has 3 aromatic rings. The van der Waals surface area contributed by atoms with Gasteiger partial charge < -0.3 is 14.5 Å². The molecule has 2 heterocycles. The van der Waals surface area contributed by atoms with E-state index in [1.165, 1.54) is 23.3 Å². The highest BCUT2D eigenvalue weighted by molar-refractivity contribution is 5.94. The van der Waals surface area contributed by atoms with Crippen LogP contribution in [-0.2, 0) is 17.8 Å². The Hall–Kier alpha value is -3.32. The van der Waals surface area contributed by atoms with Crippen molar-refractivity contribution in [2.24, 2.45) is 0 Å². The predicted molar refractivity (Wildman–Crippen MR) is 135 cm³/mol. The lowest BCUT2D eigenvalue weighted by Crippen LogP contribution is -2.49. The van der Waals surface area contributed by atoms with Crippen LogP contribution in [0.5, 0.6) is 0 Å². The van der Waals surface area contributed by atoms with Crippen molar-refractivity contribution in [2.45, 2.75) is 39.7 Å². The second-order valence-electron chi connectivity index (χ2n) is 9.37. The summed E-state index contributed by atoms with van der Waals surface area (Å²) in [6.07, 6.45) is 0.711. The predicted octanol–water partition coefficient (Wildman–Crippen LogP) is 4.75. The van der Waals surface area contributed by atoms with Crippen LogP contribution >= 0.6 is 0 Å². The first-order valence-corrected chi connectivity index (χ1v) is 12.1. The van der Waals surface area contributed by atoms with Crippen LogP contribution in [0.3, 0.4) is 0 Å². The zero-order valence-corrected chi connectivity index (χ0v) is 20.9. The molecule has 1 aliphatic rings. The van der Waals surface area contributed by atoms with Crippen molar-refractivity contribution >= 4 is 11.7 Å². The fourth-order valence-corrected chi connectivity index (χ4v) is 4.42. The minimum atomic E-state index is -0.343. The highest BCUT2D eigenvalue weighted by Gasteiger charge is 2.27. The topological polar surface area (TPSA) is 58.6 Å². The molecule has 0 saturated carbocycles. The number of nitrogens with zero attached hydrogens (tertiary/aromatic N) is 4. The number of rotatable bonds is 7. The molecule has 0 unspecified atom stereocenters. The normalized spacial score (nSPS) is 14.0. The molecule has 0 aliphatic carbocycles. The van der Waals surface area contributed by atoms with Crippen LogP contribution in [0.2, 0.25) is 0 Å². The third-order valence-corrected chi connectivity index (χ3v) is 6.31. The highest BCUT2D eigenvalue weighted by Crippen LogP contribution is 2.28. The summed E-state index contributed by atoms with van der Waals surface area (Å²) in [7, 11) is 1.69. The molecule has 6 nitrogen and oxygen atoms in total. The molecule has 7 heteroatoms. The van der Waals surface area contributed by atoms with E-state index in [2.05, 4.69) is 49.9 Å². The van der Waals surface area contributed by atoms with Crippen molar-refractivity contribution in [1.82, 2.24) is 14.9 Å². The van der Waals surface area contributed by atoms with Gasteiger partial charge in [0.2, 0.25) is 0 Å². The quantitative estimate of drug-likeness (QED) is 0.493. The number of amides is 1. The van der Waals surface area contributed by atoms with Crippen molar-refractivity contribution < 1.29 is 13.9 Å². The Bertz CT molecular complexity index is 1170.